The van der Waals surface area contributed by atoms with Gasteiger partial charge in [0.05, 0.1) is 10.8 Å². The first-order valence-electron chi connectivity index (χ1n) is 5.21. The van der Waals surface area contributed by atoms with Gasteiger partial charge < -0.3 is 10.2 Å². The number of hydrogen-bond acceptors (Lipinski definition) is 4. The molecular weight excluding hydrogens is 249 g/mol. The Morgan fingerprint density at radius 2 is 1.88 bits per heavy atom. The largest absolute Gasteiger partial charge is 0.368 e. The molecule has 0 aliphatic rings. The van der Waals surface area contributed by atoms with Gasteiger partial charge in [-0.05, 0) is 33.8 Å². The third kappa shape index (κ3) is 5.58. The van der Waals surface area contributed by atoms with Crippen molar-refractivity contribution in [3.05, 3.63) is 11.9 Å². The maximum atomic E-state index is 13.4. The minimum Gasteiger partial charge on any atom is -0.368 e. The molecule has 0 aliphatic carbocycles. The van der Waals surface area contributed by atoms with Crippen LogP contribution in [0, 0.1) is 0 Å². The van der Waals surface area contributed by atoms with Crippen LogP contribution in [0.2, 0.25) is 0 Å². The van der Waals surface area contributed by atoms with E-state index in [2.05, 4.69) is 4.72 Å². The minimum atomic E-state index is -3.64. The number of sulfonamides is 1. The van der Waals surface area contributed by atoms with Gasteiger partial charge in [0.15, 0.2) is 6.29 Å². The molecule has 3 N–H and O–H groups in total. The van der Waals surface area contributed by atoms with Crippen LogP contribution in [0.25, 0.3) is 0 Å². The number of hydrogen-bond donors (Lipinski definition) is 3. The van der Waals surface area contributed by atoms with Crippen LogP contribution in [0.3, 0.4) is 0 Å². The van der Waals surface area contributed by atoms with Gasteiger partial charge in [-0.1, -0.05) is 0 Å². The molecule has 0 bridgehead atoms. The molecule has 7 heteroatoms. The van der Waals surface area contributed by atoms with E-state index < -0.39 is 32.9 Å². The van der Waals surface area contributed by atoms with Crippen molar-refractivity contribution in [1.29, 1.82) is 0 Å². The van der Waals surface area contributed by atoms with Gasteiger partial charge in [-0.3, -0.25) is 0 Å². The molecular formula is C10H20FNO4S. The second-order valence-electron chi connectivity index (χ2n) is 4.76. The third-order valence-corrected chi connectivity index (χ3v) is 4.35. The van der Waals surface area contributed by atoms with Gasteiger partial charge in [-0.2, -0.15) is 0 Å². The van der Waals surface area contributed by atoms with E-state index in [9.17, 15) is 12.8 Å². The van der Waals surface area contributed by atoms with Crippen LogP contribution in [-0.2, 0) is 10.0 Å². The maximum Gasteiger partial charge on any atom is 0.217 e. The minimum absolute atomic E-state index is 0.284. The second-order valence-corrected chi connectivity index (χ2v) is 7.23. The summed E-state index contributed by atoms with van der Waals surface area (Å²) < 4.78 is 37.9. The summed E-state index contributed by atoms with van der Waals surface area (Å²) >= 11 is 0. The van der Waals surface area contributed by atoms with Crippen LogP contribution in [-0.4, -0.2) is 35.7 Å². The highest BCUT2D eigenvalue weighted by atomic mass is 32.2. The molecule has 0 saturated heterocycles. The normalized spacial score (nSPS) is 16.4. The monoisotopic (exact) mass is 269 g/mol. The quantitative estimate of drug-likeness (QED) is 0.639. The van der Waals surface area contributed by atoms with Gasteiger partial charge in [0.2, 0.25) is 10.0 Å². The van der Waals surface area contributed by atoms with E-state index in [-0.39, 0.29) is 6.42 Å². The zero-order valence-electron chi connectivity index (χ0n) is 10.4. The molecule has 0 fully saturated rings. The van der Waals surface area contributed by atoms with Crippen LogP contribution >= 0.6 is 0 Å². The topological polar surface area (TPSA) is 86.6 Å². The summed E-state index contributed by atoms with van der Waals surface area (Å²) in [5.74, 6) is -0.745. The summed E-state index contributed by atoms with van der Waals surface area (Å²) in [7, 11) is -3.64. The first-order chi connectivity index (χ1) is 7.47. The Kier molecular flexibility index (Phi) is 5.73. The van der Waals surface area contributed by atoms with Crippen LogP contribution in [0.1, 0.15) is 34.1 Å². The Bertz CT molecular complexity index is 370. The van der Waals surface area contributed by atoms with Crippen molar-refractivity contribution in [2.75, 3.05) is 0 Å². The van der Waals surface area contributed by atoms with Crippen LogP contribution in [0.15, 0.2) is 11.9 Å². The molecule has 0 radical (unpaired) electrons. The Labute approximate surface area is 101 Å². The number of aliphatic hydroxyl groups excluding tert-OH is 1. The maximum absolute atomic E-state index is 13.4. The highest BCUT2D eigenvalue weighted by Crippen LogP contribution is 2.16. The van der Waals surface area contributed by atoms with Gasteiger partial charge in [0.1, 0.15) is 5.83 Å². The molecule has 0 saturated carbocycles. The smallest absolute Gasteiger partial charge is 0.217 e. The molecule has 0 aliphatic heterocycles. The lowest BCUT2D eigenvalue weighted by molar-refractivity contribution is -0.0364. The lowest BCUT2D eigenvalue weighted by atomic mass is 10.2. The zero-order valence-corrected chi connectivity index (χ0v) is 11.3. The van der Waals surface area contributed by atoms with Crippen molar-refractivity contribution < 1.29 is 23.0 Å². The van der Waals surface area contributed by atoms with Gasteiger partial charge in [-0.15, -0.1) is 0 Å². The summed E-state index contributed by atoms with van der Waals surface area (Å²) in [5.41, 5.74) is 0. The van der Waals surface area contributed by atoms with E-state index in [1.165, 1.54) is 27.7 Å². The average molecular weight is 269 g/mol. The van der Waals surface area contributed by atoms with E-state index in [1.54, 1.807) is 0 Å². The molecule has 0 spiro atoms. The van der Waals surface area contributed by atoms with Crippen LogP contribution in [0.5, 0.6) is 0 Å². The van der Waals surface area contributed by atoms with E-state index in [4.69, 9.17) is 10.2 Å². The van der Waals surface area contributed by atoms with E-state index in [1.807, 2.05) is 0 Å². The molecule has 0 aromatic heterocycles. The van der Waals surface area contributed by atoms with E-state index in [0.717, 1.165) is 6.08 Å². The fraction of sp³-hybridized carbons (Fsp3) is 0.800. The predicted octanol–water partition coefficient (Wildman–Crippen LogP) is 0.647. The van der Waals surface area contributed by atoms with Crippen LogP contribution in [0.4, 0.5) is 4.39 Å². The van der Waals surface area contributed by atoms with Gasteiger partial charge >= 0.3 is 0 Å². The number of aliphatic hydroxyl groups is 2. The third-order valence-electron chi connectivity index (χ3n) is 2.08. The first kappa shape index (κ1) is 16.5. The molecule has 17 heavy (non-hydrogen) atoms. The number of rotatable bonds is 5. The van der Waals surface area contributed by atoms with Crippen molar-refractivity contribution >= 4 is 10.0 Å². The molecule has 0 rings (SSSR count). The number of nitrogens with one attached hydrogen (secondary N) is 1. The van der Waals surface area contributed by atoms with E-state index in [0.29, 0.717) is 0 Å². The molecule has 5 nitrogen and oxygen atoms in total. The summed E-state index contributed by atoms with van der Waals surface area (Å²) in [5, 5.41) is 17.1. The SMILES string of the molecule is C[C@@H](NS(=O)(=O)C(C)(C)C)C(F)=CCC(O)O. The fourth-order valence-electron chi connectivity index (χ4n) is 0.861. The summed E-state index contributed by atoms with van der Waals surface area (Å²) in [4.78, 5) is 0. The summed E-state index contributed by atoms with van der Waals surface area (Å²) in [6.07, 6.45) is -0.985. The molecule has 1 atom stereocenters. The Hall–Kier alpha value is -0.500. The van der Waals surface area contributed by atoms with Crippen molar-refractivity contribution in [1.82, 2.24) is 4.72 Å². The fourth-order valence-corrected chi connectivity index (χ4v) is 1.79. The lowest BCUT2D eigenvalue weighted by Crippen LogP contribution is -2.43. The van der Waals surface area contributed by atoms with Gasteiger partial charge in [0.25, 0.3) is 0 Å². The van der Waals surface area contributed by atoms with Gasteiger partial charge in [0, 0.05) is 6.42 Å². The molecule has 0 aromatic rings. The Morgan fingerprint density at radius 3 is 2.24 bits per heavy atom. The molecule has 102 valence electrons. The predicted molar refractivity (Wildman–Crippen MR) is 63.3 cm³/mol. The van der Waals surface area contributed by atoms with Crippen molar-refractivity contribution in [2.45, 2.75) is 51.2 Å². The molecule has 0 unspecified atom stereocenters. The lowest BCUT2D eigenvalue weighted by Gasteiger charge is -2.22. The number of halogens is 1. The molecule has 0 amide bonds. The second kappa shape index (κ2) is 5.90. The van der Waals surface area contributed by atoms with Gasteiger partial charge in [-0.25, -0.2) is 17.5 Å². The summed E-state index contributed by atoms with van der Waals surface area (Å²) in [6, 6.07) is -1.03. The van der Waals surface area contributed by atoms with Crippen molar-refractivity contribution in [2.24, 2.45) is 0 Å². The van der Waals surface area contributed by atoms with E-state index >= 15 is 0 Å². The van der Waals surface area contributed by atoms with Crippen molar-refractivity contribution in [3.8, 4) is 0 Å². The average Bonchev–Trinajstić information content (AvgIpc) is 2.11. The molecule has 0 aromatic carbocycles. The molecule has 0 heterocycles. The highest BCUT2D eigenvalue weighted by Gasteiger charge is 2.30. The van der Waals surface area contributed by atoms with Crippen LogP contribution < -0.4 is 4.72 Å². The first-order valence-corrected chi connectivity index (χ1v) is 6.69. The summed E-state index contributed by atoms with van der Waals surface area (Å²) in [6.45, 7) is 5.85. The Balaban J connectivity index is 4.66. The zero-order chi connectivity index (χ0) is 13.9. The van der Waals surface area contributed by atoms with Crippen molar-refractivity contribution in [3.63, 3.8) is 0 Å². The Morgan fingerprint density at radius 1 is 1.41 bits per heavy atom. The highest BCUT2D eigenvalue weighted by molar-refractivity contribution is 7.90. The standard InChI is InChI=1S/C10H20FNO4S/c1-7(8(11)5-6-9(13)14)12-17(15,16)10(2,3)4/h5,7,9,12-14H,6H2,1-4H3/t7-/m1/s1.